The van der Waals surface area contributed by atoms with Crippen molar-refractivity contribution in [3.05, 3.63) is 0 Å². The minimum absolute atomic E-state index is 0.152. The van der Waals surface area contributed by atoms with Gasteiger partial charge >= 0.3 is 0 Å². The van der Waals surface area contributed by atoms with Crippen molar-refractivity contribution >= 4 is 23.4 Å². The van der Waals surface area contributed by atoms with Gasteiger partial charge in [-0.25, -0.2) is 0 Å². The van der Waals surface area contributed by atoms with Crippen LogP contribution >= 0.6 is 0 Å². The molecule has 0 aliphatic heterocycles. The molecule has 1 aliphatic carbocycles. The first-order chi connectivity index (χ1) is 15.1. The predicted molar refractivity (Wildman–Crippen MR) is 122 cm³/mol. The molecule has 0 bridgehead atoms. The molecule has 0 saturated heterocycles. The highest BCUT2D eigenvalue weighted by Crippen LogP contribution is 2.26. The van der Waals surface area contributed by atoms with Crippen molar-refractivity contribution in [3.63, 3.8) is 0 Å². The first kappa shape index (κ1) is 28.2. The van der Waals surface area contributed by atoms with Crippen LogP contribution in [0.2, 0.25) is 0 Å². The summed E-state index contributed by atoms with van der Waals surface area (Å²) in [6, 6.07) is -0.982. The smallest absolute Gasteiger partial charge is 0.226 e. The molecule has 0 aromatic heterocycles. The zero-order valence-electron chi connectivity index (χ0n) is 19.8. The molecule has 32 heavy (non-hydrogen) atoms. The Bertz CT molecular complexity index is 632. The molecule has 1 rings (SSSR count). The largest absolute Gasteiger partial charge is 0.393 e. The number of hydrogen-bond donors (Lipinski definition) is 5. The van der Waals surface area contributed by atoms with Crippen molar-refractivity contribution in [2.24, 2.45) is 29.2 Å². The normalized spacial score (nSPS) is 18.5. The minimum Gasteiger partial charge on any atom is -0.393 e. The van der Waals surface area contributed by atoms with E-state index in [1.54, 1.807) is 13.8 Å². The standard InChI is InChI=1S/C23H42N4O5/c1-14(2)22(31)20(9-10-24)27-23(32)18(15(3)28)11-17(29)13-26-21(30)12-19(25)16-7-5-4-6-8-16/h14-16,18-20,28H,4-13,24-25H2,1-3H3,(H,26,30)(H,27,32)/t15?,18-,19?,20-/m0/s1. The zero-order valence-corrected chi connectivity index (χ0v) is 19.8. The predicted octanol–water partition coefficient (Wildman–Crippen LogP) is 0.415. The number of Topliss-reactive ketones (excluding diaryl/α,β-unsaturated/α-hetero) is 2. The van der Waals surface area contributed by atoms with Gasteiger partial charge in [-0.15, -0.1) is 0 Å². The summed E-state index contributed by atoms with van der Waals surface area (Å²) < 4.78 is 0. The van der Waals surface area contributed by atoms with Crippen molar-refractivity contribution in [1.82, 2.24) is 10.6 Å². The lowest BCUT2D eigenvalue weighted by atomic mass is 9.83. The van der Waals surface area contributed by atoms with E-state index in [2.05, 4.69) is 10.6 Å². The molecule has 7 N–H and O–H groups in total. The fourth-order valence-corrected chi connectivity index (χ4v) is 4.15. The van der Waals surface area contributed by atoms with Crippen LogP contribution in [0.25, 0.3) is 0 Å². The Labute approximate surface area is 191 Å². The molecular formula is C23H42N4O5. The second-order valence-corrected chi connectivity index (χ2v) is 9.33. The molecule has 0 aromatic carbocycles. The fourth-order valence-electron chi connectivity index (χ4n) is 4.15. The summed E-state index contributed by atoms with van der Waals surface area (Å²) in [5.41, 5.74) is 11.7. The summed E-state index contributed by atoms with van der Waals surface area (Å²) in [7, 11) is 0. The Kier molecular flexibility index (Phi) is 12.6. The Hall–Kier alpha value is -1.84. The maximum atomic E-state index is 12.7. The van der Waals surface area contributed by atoms with Crippen LogP contribution in [0, 0.1) is 17.8 Å². The summed E-state index contributed by atoms with van der Waals surface area (Å²) in [6.07, 6.45) is 4.64. The summed E-state index contributed by atoms with van der Waals surface area (Å²) in [5.74, 6) is -2.37. The Morgan fingerprint density at radius 2 is 1.66 bits per heavy atom. The molecule has 0 aromatic rings. The third-order valence-corrected chi connectivity index (χ3v) is 6.21. The summed E-state index contributed by atoms with van der Waals surface area (Å²) >= 11 is 0. The third kappa shape index (κ3) is 9.75. The van der Waals surface area contributed by atoms with E-state index in [9.17, 15) is 24.3 Å². The fraction of sp³-hybridized carbons (Fsp3) is 0.826. The highest BCUT2D eigenvalue weighted by atomic mass is 16.3. The van der Waals surface area contributed by atoms with E-state index in [0.29, 0.717) is 5.92 Å². The number of aliphatic hydroxyl groups is 1. The maximum Gasteiger partial charge on any atom is 0.226 e. The van der Waals surface area contributed by atoms with E-state index in [1.807, 2.05) is 0 Å². The SMILES string of the molecule is CC(C)C(=O)[C@H](CCN)NC(=O)[C@@H](CC(=O)CNC(=O)CC(N)C1CCCCC1)C(C)O. The maximum absolute atomic E-state index is 12.7. The van der Waals surface area contributed by atoms with Gasteiger partial charge in [-0.2, -0.15) is 0 Å². The molecule has 1 aliphatic rings. The molecule has 2 amide bonds. The van der Waals surface area contributed by atoms with E-state index in [0.717, 1.165) is 25.7 Å². The number of nitrogens with one attached hydrogen (secondary N) is 2. The van der Waals surface area contributed by atoms with Gasteiger partial charge in [-0.05, 0) is 38.6 Å². The van der Waals surface area contributed by atoms with Crippen LogP contribution in [0.15, 0.2) is 0 Å². The number of nitrogens with two attached hydrogens (primary N) is 2. The topological polar surface area (TPSA) is 165 Å². The number of carbonyl (C=O) groups is 4. The molecule has 1 saturated carbocycles. The van der Waals surface area contributed by atoms with Gasteiger partial charge in [0.15, 0.2) is 11.6 Å². The van der Waals surface area contributed by atoms with E-state index >= 15 is 0 Å². The van der Waals surface area contributed by atoms with Crippen molar-refractivity contribution in [2.75, 3.05) is 13.1 Å². The zero-order chi connectivity index (χ0) is 24.3. The molecule has 1 fully saturated rings. The van der Waals surface area contributed by atoms with Crippen molar-refractivity contribution in [3.8, 4) is 0 Å². The van der Waals surface area contributed by atoms with Crippen LogP contribution in [0.5, 0.6) is 0 Å². The van der Waals surface area contributed by atoms with Gasteiger partial charge in [-0.3, -0.25) is 19.2 Å². The van der Waals surface area contributed by atoms with Gasteiger partial charge in [0.2, 0.25) is 11.8 Å². The van der Waals surface area contributed by atoms with Gasteiger partial charge in [0.25, 0.3) is 0 Å². The lowest BCUT2D eigenvalue weighted by Gasteiger charge is -2.27. The number of rotatable bonds is 14. The summed E-state index contributed by atoms with van der Waals surface area (Å²) in [5, 5.41) is 15.2. The number of aliphatic hydroxyl groups excluding tert-OH is 1. The summed E-state index contributed by atoms with van der Waals surface area (Å²) in [4.78, 5) is 49.5. The van der Waals surface area contributed by atoms with E-state index in [-0.39, 0.29) is 61.8 Å². The Morgan fingerprint density at radius 3 is 2.19 bits per heavy atom. The van der Waals surface area contributed by atoms with E-state index < -0.39 is 24.0 Å². The van der Waals surface area contributed by atoms with Gasteiger partial charge < -0.3 is 27.2 Å². The molecule has 2 unspecified atom stereocenters. The molecule has 9 heteroatoms. The van der Waals surface area contributed by atoms with Crippen molar-refractivity contribution in [2.45, 2.75) is 90.3 Å². The van der Waals surface area contributed by atoms with Crippen LogP contribution in [0.3, 0.4) is 0 Å². The van der Waals surface area contributed by atoms with Crippen LogP contribution in [-0.4, -0.2) is 59.8 Å². The molecule has 0 spiro atoms. The molecule has 0 heterocycles. The van der Waals surface area contributed by atoms with Gasteiger partial charge in [-0.1, -0.05) is 33.1 Å². The second kappa shape index (κ2) is 14.3. The minimum atomic E-state index is -1.10. The van der Waals surface area contributed by atoms with Gasteiger partial charge in [0, 0.05) is 24.8 Å². The number of carbonyl (C=O) groups excluding carboxylic acids is 4. The molecular weight excluding hydrogens is 412 g/mol. The molecule has 0 radical (unpaired) electrons. The van der Waals surface area contributed by atoms with Gasteiger partial charge in [0.05, 0.1) is 24.6 Å². The number of ketones is 2. The molecule has 184 valence electrons. The van der Waals surface area contributed by atoms with Crippen molar-refractivity contribution in [1.29, 1.82) is 0 Å². The lowest BCUT2D eigenvalue weighted by Crippen LogP contribution is -2.48. The highest BCUT2D eigenvalue weighted by molar-refractivity contribution is 5.93. The van der Waals surface area contributed by atoms with Crippen molar-refractivity contribution < 1.29 is 24.3 Å². The lowest BCUT2D eigenvalue weighted by molar-refractivity contribution is -0.136. The van der Waals surface area contributed by atoms with E-state index in [1.165, 1.54) is 13.3 Å². The van der Waals surface area contributed by atoms with Crippen LogP contribution in [0.1, 0.15) is 72.1 Å². The van der Waals surface area contributed by atoms with Crippen LogP contribution in [0.4, 0.5) is 0 Å². The quantitative estimate of drug-likeness (QED) is 0.254. The first-order valence-electron chi connectivity index (χ1n) is 11.8. The second-order valence-electron chi connectivity index (χ2n) is 9.33. The Morgan fingerprint density at radius 1 is 1.03 bits per heavy atom. The molecule has 4 atom stereocenters. The van der Waals surface area contributed by atoms with Crippen LogP contribution < -0.4 is 22.1 Å². The van der Waals surface area contributed by atoms with Crippen LogP contribution in [-0.2, 0) is 19.2 Å². The van der Waals surface area contributed by atoms with E-state index in [4.69, 9.17) is 11.5 Å². The molecule has 9 nitrogen and oxygen atoms in total. The average Bonchev–Trinajstić information content (AvgIpc) is 2.75. The number of amides is 2. The highest BCUT2D eigenvalue weighted by Gasteiger charge is 2.31. The number of hydrogen-bond acceptors (Lipinski definition) is 7. The third-order valence-electron chi connectivity index (χ3n) is 6.21. The average molecular weight is 455 g/mol. The summed E-state index contributed by atoms with van der Waals surface area (Å²) in [6.45, 7) is 4.87. The monoisotopic (exact) mass is 454 g/mol. The first-order valence-corrected chi connectivity index (χ1v) is 11.8. The Balaban J connectivity index is 2.55. The van der Waals surface area contributed by atoms with Gasteiger partial charge in [0.1, 0.15) is 0 Å².